The third-order valence-electron chi connectivity index (χ3n) is 6.51. The minimum atomic E-state index is -4.28. The number of amides is 2. The molecule has 8 nitrogen and oxygen atoms in total. The van der Waals surface area contributed by atoms with Crippen LogP contribution in [0.15, 0.2) is 78.9 Å². The van der Waals surface area contributed by atoms with Gasteiger partial charge in [-0.25, -0.2) is 8.70 Å². The molecular formula is C30H36ClFN4O4S. The maximum absolute atomic E-state index is 14.9. The Morgan fingerprint density at radius 3 is 2.17 bits per heavy atom. The number of rotatable bonds is 14. The minimum absolute atomic E-state index is 0.00181. The summed E-state index contributed by atoms with van der Waals surface area (Å²) in [6.07, 6.45) is 1.83. The molecule has 3 aromatic carbocycles. The lowest BCUT2D eigenvalue weighted by Gasteiger charge is -2.34. The number of para-hydroxylation sites is 1. The van der Waals surface area contributed by atoms with Crippen LogP contribution in [0.3, 0.4) is 0 Å². The monoisotopic (exact) mass is 602 g/mol. The van der Waals surface area contributed by atoms with Gasteiger partial charge < -0.3 is 10.2 Å². The molecule has 0 fully saturated rings. The molecule has 0 heterocycles. The highest BCUT2D eigenvalue weighted by Crippen LogP contribution is 2.24. The second kappa shape index (κ2) is 15.0. The van der Waals surface area contributed by atoms with Crippen molar-refractivity contribution in [1.82, 2.24) is 14.5 Å². The number of nitrogens with zero attached hydrogens (tertiary/aromatic N) is 3. The molecular weight excluding hydrogens is 567 g/mol. The Bertz CT molecular complexity index is 1410. The van der Waals surface area contributed by atoms with Gasteiger partial charge in [0.15, 0.2) is 0 Å². The van der Waals surface area contributed by atoms with E-state index in [4.69, 9.17) is 11.6 Å². The van der Waals surface area contributed by atoms with Crippen LogP contribution in [-0.2, 0) is 32.8 Å². The number of hydrogen-bond donors (Lipinski definition) is 1. The van der Waals surface area contributed by atoms with Crippen molar-refractivity contribution < 1.29 is 22.4 Å². The zero-order chi connectivity index (χ0) is 30.0. The Hall–Kier alpha value is -3.47. The van der Waals surface area contributed by atoms with Crippen molar-refractivity contribution in [2.75, 3.05) is 31.5 Å². The highest BCUT2D eigenvalue weighted by atomic mass is 35.5. The molecule has 11 heteroatoms. The fourth-order valence-electron chi connectivity index (χ4n) is 4.20. The molecule has 1 unspecified atom stereocenters. The predicted octanol–water partition coefficient (Wildman–Crippen LogP) is 4.65. The lowest BCUT2D eigenvalue weighted by Crippen LogP contribution is -2.54. The summed E-state index contributed by atoms with van der Waals surface area (Å²) < 4.78 is 43.2. The third kappa shape index (κ3) is 8.76. The molecule has 3 aromatic rings. The van der Waals surface area contributed by atoms with Crippen LogP contribution >= 0.6 is 11.6 Å². The predicted molar refractivity (Wildman–Crippen MR) is 160 cm³/mol. The van der Waals surface area contributed by atoms with E-state index in [0.29, 0.717) is 17.1 Å². The number of anilines is 1. The lowest BCUT2D eigenvalue weighted by atomic mass is 10.0. The number of carbonyl (C=O) groups is 2. The Labute approximate surface area is 246 Å². The number of unbranched alkanes of at least 4 members (excludes halogenated alkanes) is 1. The van der Waals surface area contributed by atoms with Gasteiger partial charge in [-0.1, -0.05) is 79.5 Å². The normalized spacial score (nSPS) is 12.1. The van der Waals surface area contributed by atoms with Gasteiger partial charge in [-0.15, -0.1) is 0 Å². The summed E-state index contributed by atoms with van der Waals surface area (Å²) in [7, 11) is -1.67. The van der Waals surface area contributed by atoms with Crippen LogP contribution < -0.4 is 9.62 Å². The van der Waals surface area contributed by atoms with E-state index in [1.54, 1.807) is 24.3 Å². The minimum Gasteiger partial charge on any atom is -0.354 e. The Morgan fingerprint density at radius 2 is 1.56 bits per heavy atom. The van der Waals surface area contributed by atoms with Crippen LogP contribution in [0.1, 0.15) is 30.9 Å². The SMILES string of the molecule is CCCCNC(=O)C(Cc1ccccc1)N(Cc1ccc(Cl)cc1)C(=O)CN(c1ccccc1F)S(=O)(=O)N(C)C. The van der Waals surface area contributed by atoms with Crippen molar-refractivity contribution in [3.63, 3.8) is 0 Å². The van der Waals surface area contributed by atoms with Crippen molar-refractivity contribution >= 4 is 39.3 Å². The third-order valence-corrected chi connectivity index (χ3v) is 8.56. The molecule has 0 bridgehead atoms. The molecule has 0 aromatic heterocycles. The van der Waals surface area contributed by atoms with E-state index in [-0.39, 0.29) is 24.6 Å². The molecule has 0 aliphatic heterocycles. The number of hydrogen-bond acceptors (Lipinski definition) is 4. The first kappa shape index (κ1) is 32.0. The van der Waals surface area contributed by atoms with Crippen molar-refractivity contribution in [3.8, 4) is 0 Å². The summed E-state index contributed by atoms with van der Waals surface area (Å²) in [5, 5.41) is 3.43. The molecule has 3 rings (SSSR count). The molecule has 0 aliphatic rings. The largest absolute Gasteiger partial charge is 0.354 e. The van der Waals surface area contributed by atoms with Crippen LogP contribution in [0.5, 0.6) is 0 Å². The molecule has 220 valence electrons. The molecule has 0 saturated heterocycles. The highest BCUT2D eigenvalue weighted by Gasteiger charge is 2.35. The standard InChI is InChI=1S/C30H36ClFN4O4S/c1-4-5-19-33-30(38)28(20-23-11-7-6-8-12-23)35(21-24-15-17-25(31)18-16-24)29(37)22-36(41(39,40)34(2)3)27-14-10-9-13-26(27)32/h6-18,28H,4-5,19-22H2,1-3H3,(H,33,38). The van der Waals surface area contributed by atoms with E-state index in [2.05, 4.69) is 5.32 Å². The van der Waals surface area contributed by atoms with E-state index in [0.717, 1.165) is 33.1 Å². The van der Waals surface area contributed by atoms with Gasteiger partial charge in [0.1, 0.15) is 18.4 Å². The molecule has 0 aliphatic carbocycles. The van der Waals surface area contributed by atoms with Gasteiger partial charge >= 0.3 is 10.2 Å². The van der Waals surface area contributed by atoms with Crippen LogP contribution in [0.25, 0.3) is 0 Å². The number of benzene rings is 3. The molecule has 41 heavy (non-hydrogen) atoms. The fraction of sp³-hybridized carbons (Fsp3) is 0.333. The number of carbonyl (C=O) groups excluding carboxylic acids is 2. The van der Waals surface area contributed by atoms with Crippen LogP contribution in [-0.4, -0.2) is 62.7 Å². The Morgan fingerprint density at radius 1 is 0.927 bits per heavy atom. The zero-order valence-corrected chi connectivity index (χ0v) is 25.0. The van der Waals surface area contributed by atoms with E-state index in [1.807, 2.05) is 37.3 Å². The molecule has 0 saturated carbocycles. The van der Waals surface area contributed by atoms with E-state index < -0.39 is 34.5 Å². The van der Waals surface area contributed by atoms with Gasteiger partial charge in [-0.05, 0) is 41.8 Å². The second-order valence-electron chi connectivity index (χ2n) is 9.75. The highest BCUT2D eigenvalue weighted by molar-refractivity contribution is 7.90. The van der Waals surface area contributed by atoms with Gasteiger partial charge in [0.25, 0.3) is 0 Å². The van der Waals surface area contributed by atoms with Crippen molar-refractivity contribution in [3.05, 3.63) is 101 Å². The van der Waals surface area contributed by atoms with Gasteiger partial charge in [0.05, 0.1) is 5.69 Å². The first-order valence-electron chi connectivity index (χ1n) is 13.3. The summed E-state index contributed by atoms with van der Waals surface area (Å²) >= 11 is 6.08. The van der Waals surface area contributed by atoms with E-state index in [9.17, 15) is 22.4 Å². The second-order valence-corrected chi connectivity index (χ2v) is 12.2. The number of nitrogens with one attached hydrogen (secondary N) is 1. The Kier molecular flexibility index (Phi) is 11.7. The van der Waals surface area contributed by atoms with Gasteiger partial charge in [0, 0.05) is 38.6 Å². The molecule has 1 atom stereocenters. The van der Waals surface area contributed by atoms with Crippen LogP contribution in [0, 0.1) is 5.82 Å². The van der Waals surface area contributed by atoms with E-state index >= 15 is 0 Å². The first-order chi connectivity index (χ1) is 19.5. The summed E-state index contributed by atoms with van der Waals surface area (Å²) in [6, 6.07) is 20.5. The van der Waals surface area contributed by atoms with Gasteiger partial charge in [-0.2, -0.15) is 12.7 Å². The maximum Gasteiger partial charge on any atom is 0.304 e. The van der Waals surface area contributed by atoms with Crippen molar-refractivity contribution in [1.29, 1.82) is 0 Å². The first-order valence-corrected chi connectivity index (χ1v) is 15.1. The zero-order valence-electron chi connectivity index (χ0n) is 23.5. The molecule has 1 N–H and O–H groups in total. The number of halogens is 2. The summed E-state index contributed by atoms with van der Waals surface area (Å²) in [6.45, 7) is 1.72. The lowest BCUT2D eigenvalue weighted by molar-refractivity contribution is -0.140. The fourth-order valence-corrected chi connectivity index (χ4v) is 5.39. The topological polar surface area (TPSA) is 90.0 Å². The molecule has 0 spiro atoms. The summed E-state index contributed by atoms with van der Waals surface area (Å²) in [5.74, 6) is -1.83. The van der Waals surface area contributed by atoms with Gasteiger partial charge in [-0.3, -0.25) is 9.59 Å². The smallest absolute Gasteiger partial charge is 0.304 e. The van der Waals surface area contributed by atoms with Crippen molar-refractivity contribution in [2.45, 2.75) is 38.8 Å². The average molecular weight is 603 g/mol. The van der Waals surface area contributed by atoms with Crippen molar-refractivity contribution in [2.24, 2.45) is 0 Å². The van der Waals surface area contributed by atoms with E-state index in [1.165, 1.54) is 37.2 Å². The Balaban J connectivity index is 2.08. The maximum atomic E-state index is 14.9. The molecule has 2 amide bonds. The van der Waals surface area contributed by atoms with Crippen LogP contribution in [0.4, 0.5) is 10.1 Å². The summed E-state index contributed by atoms with van der Waals surface area (Å²) in [4.78, 5) is 29.1. The van der Waals surface area contributed by atoms with Crippen LogP contribution in [0.2, 0.25) is 5.02 Å². The molecule has 0 radical (unpaired) electrons. The summed E-state index contributed by atoms with van der Waals surface area (Å²) in [5.41, 5.74) is 1.24. The quantitative estimate of drug-likeness (QED) is 0.272. The average Bonchev–Trinajstić information content (AvgIpc) is 2.95. The van der Waals surface area contributed by atoms with Gasteiger partial charge in [0.2, 0.25) is 11.8 Å².